The van der Waals surface area contributed by atoms with Crippen molar-refractivity contribution < 1.29 is 14.6 Å². The Kier molecular flexibility index (Phi) is 3.98. The Labute approximate surface area is 163 Å². The van der Waals surface area contributed by atoms with Gasteiger partial charge in [0.1, 0.15) is 28.6 Å². The number of methoxy groups -OCH3 is 2. The highest BCUT2D eigenvalue weighted by Crippen LogP contribution is 2.47. The van der Waals surface area contributed by atoms with E-state index in [-0.39, 0.29) is 6.01 Å². The van der Waals surface area contributed by atoms with Gasteiger partial charge in [-0.3, -0.25) is 4.40 Å². The number of nitrogens with zero attached hydrogens (tertiary/aromatic N) is 7. The van der Waals surface area contributed by atoms with Crippen molar-refractivity contribution in [1.29, 1.82) is 0 Å². The van der Waals surface area contributed by atoms with Crippen LogP contribution in [0.3, 0.4) is 0 Å². The highest BCUT2D eigenvalue weighted by atomic mass is 32.1. The third-order valence-corrected chi connectivity index (χ3v) is 5.94. The van der Waals surface area contributed by atoms with Crippen molar-refractivity contribution in [2.75, 3.05) is 14.2 Å². The third kappa shape index (κ3) is 2.70. The average Bonchev–Trinajstić information content (AvgIpc) is 3.13. The van der Waals surface area contributed by atoms with Gasteiger partial charge in [0.15, 0.2) is 0 Å². The number of aliphatic hydroxyl groups excluding tert-OH is 1. The molecule has 4 aromatic heterocycles. The van der Waals surface area contributed by atoms with E-state index in [1.54, 1.807) is 23.9 Å². The minimum atomic E-state index is -0.919. The van der Waals surface area contributed by atoms with Crippen LogP contribution in [0.15, 0.2) is 24.9 Å². The second kappa shape index (κ2) is 6.53. The van der Waals surface area contributed by atoms with E-state index in [1.807, 2.05) is 10.6 Å². The van der Waals surface area contributed by atoms with Crippen LogP contribution in [0.4, 0.5) is 0 Å². The van der Waals surface area contributed by atoms with Gasteiger partial charge >= 0.3 is 6.01 Å². The van der Waals surface area contributed by atoms with Gasteiger partial charge in [0, 0.05) is 4.88 Å². The lowest BCUT2D eigenvalue weighted by Crippen LogP contribution is -2.06. The number of rotatable bonds is 6. The molecule has 1 unspecified atom stereocenters. The standard InChI is InChI=1S/C17H17N7O3S/c1-26-16-11(5-19-17(20-16)27-2)24-7-10(21-22-24)14(25)13-15(9-3-4-9)28-12-6-18-8-23(12)13/h5-9,14,25H,3-4H2,1-2H3. The molecule has 10 nitrogen and oxygen atoms in total. The summed E-state index contributed by atoms with van der Waals surface area (Å²) in [6.07, 6.45) is 8.08. The van der Waals surface area contributed by atoms with Crippen LogP contribution in [-0.2, 0) is 0 Å². The molecule has 0 aromatic carbocycles. The average molecular weight is 399 g/mol. The third-order valence-electron chi connectivity index (χ3n) is 4.67. The van der Waals surface area contributed by atoms with Crippen molar-refractivity contribution >= 4 is 16.2 Å². The molecule has 144 valence electrons. The van der Waals surface area contributed by atoms with E-state index in [9.17, 15) is 5.11 Å². The lowest BCUT2D eigenvalue weighted by Gasteiger charge is -2.09. The first kappa shape index (κ1) is 17.1. The number of hydrogen-bond acceptors (Lipinski definition) is 9. The fourth-order valence-electron chi connectivity index (χ4n) is 3.14. The van der Waals surface area contributed by atoms with E-state index in [0.29, 0.717) is 23.2 Å². The smallest absolute Gasteiger partial charge is 0.319 e. The summed E-state index contributed by atoms with van der Waals surface area (Å²) in [5.41, 5.74) is 1.73. The van der Waals surface area contributed by atoms with Crippen LogP contribution in [0.2, 0.25) is 0 Å². The molecule has 0 bridgehead atoms. The molecule has 11 heteroatoms. The lowest BCUT2D eigenvalue weighted by atomic mass is 10.1. The summed E-state index contributed by atoms with van der Waals surface area (Å²) in [5.74, 6) is 0.795. The van der Waals surface area contributed by atoms with E-state index in [2.05, 4.69) is 25.3 Å². The molecule has 1 fully saturated rings. The summed E-state index contributed by atoms with van der Waals surface area (Å²) in [6, 6.07) is 0.191. The highest BCUT2D eigenvalue weighted by molar-refractivity contribution is 7.17. The maximum absolute atomic E-state index is 11.1. The van der Waals surface area contributed by atoms with Gasteiger partial charge in [-0.1, -0.05) is 5.21 Å². The largest absolute Gasteiger partial charge is 0.479 e. The Hall–Kier alpha value is -3.05. The Morgan fingerprint density at radius 1 is 1.25 bits per heavy atom. The summed E-state index contributed by atoms with van der Waals surface area (Å²) >= 11 is 1.67. The molecule has 0 aliphatic heterocycles. The maximum Gasteiger partial charge on any atom is 0.319 e. The van der Waals surface area contributed by atoms with E-state index >= 15 is 0 Å². The van der Waals surface area contributed by atoms with Crippen LogP contribution in [0, 0.1) is 0 Å². The van der Waals surface area contributed by atoms with Crippen LogP contribution in [0.5, 0.6) is 11.9 Å². The van der Waals surface area contributed by atoms with E-state index in [0.717, 1.165) is 23.4 Å². The van der Waals surface area contributed by atoms with Crippen molar-refractivity contribution in [2.45, 2.75) is 24.9 Å². The van der Waals surface area contributed by atoms with Crippen LogP contribution in [-0.4, -0.2) is 53.7 Å². The summed E-state index contributed by atoms with van der Waals surface area (Å²) in [7, 11) is 2.98. The summed E-state index contributed by atoms with van der Waals surface area (Å²) in [5, 5.41) is 19.4. The van der Waals surface area contributed by atoms with Gasteiger partial charge in [-0.05, 0) is 18.8 Å². The van der Waals surface area contributed by atoms with Gasteiger partial charge in [-0.25, -0.2) is 14.6 Å². The van der Waals surface area contributed by atoms with Crippen LogP contribution >= 0.6 is 11.3 Å². The van der Waals surface area contributed by atoms with Gasteiger partial charge in [0.2, 0.25) is 5.88 Å². The molecule has 4 heterocycles. The predicted octanol–water partition coefficient (Wildman–Crippen LogP) is 1.74. The number of fused-ring (bicyclic) bond motifs is 1. The molecule has 5 rings (SSSR count). The molecule has 1 atom stereocenters. The minimum Gasteiger partial charge on any atom is -0.479 e. The second-order valence-electron chi connectivity index (χ2n) is 6.47. The van der Waals surface area contributed by atoms with E-state index < -0.39 is 6.10 Å². The minimum absolute atomic E-state index is 0.191. The normalized spacial score (nSPS) is 15.1. The fraction of sp³-hybridized carbons (Fsp3) is 0.353. The molecule has 1 aliphatic rings. The highest BCUT2D eigenvalue weighted by Gasteiger charge is 2.33. The first-order chi connectivity index (χ1) is 13.7. The van der Waals surface area contributed by atoms with Gasteiger partial charge in [-0.2, -0.15) is 4.98 Å². The number of aliphatic hydroxyl groups is 1. The van der Waals surface area contributed by atoms with Crippen molar-refractivity contribution in [3.8, 4) is 17.6 Å². The Morgan fingerprint density at radius 2 is 2.11 bits per heavy atom. The molecule has 1 saturated carbocycles. The van der Waals surface area contributed by atoms with Crippen molar-refractivity contribution in [2.24, 2.45) is 0 Å². The van der Waals surface area contributed by atoms with Crippen molar-refractivity contribution in [1.82, 2.24) is 34.3 Å². The number of thiazole rings is 1. The Bertz CT molecular complexity index is 1150. The zero-order valence-electron chi connectivity index (χ0n) is 15.2. The van der Waals surface area contributed by atoms with E-state index in [4.69, 9.17) is 9.47 Å². The second-order valence-corrected chi connectivity index (χ2v) is 7.53. The number of ether oxygens (including phenoxy) is 2. The van der Waals surface area contributed by atoms with Crippen LogP contribution in [0.25, 0.3) is 10.5 Å². The topological polar surface area (TPSA) is 112 Å². The molecule has 0 spiro atoms. The van der Waals surface area contributed by atoms with Crippen LogP contribution in [0.1, 0.15) is 41.1 Å². The van der Waals surface area contributed by atoms with Crippen LogP contribution < -0.4 is 9.47 Å². The first-order valence-corrected chi connectivity index (χ1v) is 9.51. The predicted molar refractivity (Wildman–Crippen MR) is 99.2 cm³/mol. The van der Waals surface area contributed by atoms with Gasteiger partial charge in [0.25, 0.3) is 0 Å². The Morgan fingerprint density at radius 3 is 2.86 bits per heavy atom. The fourth-order valence-corrected chi connectivity index (χ4v) is 4.44. The van der Waals surface area contributed by atoms with Gasteiger partial charge in [-0.15, -0.1) is 16.4 Å². The van der Waals surface area contributed by atoms with Gasteiger partial charge in [0.05, 0.1) is 38.5 Å². The summed E-state index contributed by atoms with van der Waals surface area (Å²) < 4.78 is 13.7. The number of aromatic nitrogens is 7. The van der Waals surface area contributed by atoms with Crippen molar-refractivity contribution in [3.63, 3.8) is 0 Å². The molecule has 0 amide bonds. The molecular weight excluding hydrogens is 382 g/mol. The monoisotopic (exact) mass is 399 g/mol. The van der Waals surface area contributed by atoms with Gasteiger partial charge < -0.3 is 14.6 Å². The molecule has 28 heavy (non-hydrogen) atoms. The lowest BCUT2D eigenvalue weighted by molar-refractivity contribution is 0.208. The molecule has 4 aromatic rings. The van der Waals surface area contributed by atoms with Crippen molar-refractivity contribution in [3.05, 3.63) is 41.2 Å². The maximum atomic E-state index is 11.1. The molecule has 1 N–H and O–H groups in total. The zero-order chi connectivity index (χ0) is 19.3. The zero-order valence-corrected chi connectivity index (χ0v) is 16.0. The SMILES string of the molecule is COc1ncc(-n2cc(C(O)c3c(C4CC4)sc4cncn34)nn2)c(OC)n1. The summed E-state index contributed by atoms with van der Waals surface area (Å²) in [6.45, 7) is 0. The first-order valence-electron chi connectivity index (χ1n) is 8.70. The quantitative estimate of drug-likeness (QED) is 0.522. The van der Waals surface area contributed by atoms with E-state index in [1.165, 1.54) is 30.0 Å². The molecular formula is C17H17N7O3S. The Balaban J connectivity index is 1.54. The summed E-state index contributed by atoms with van der Waals surface area (Å²) in [4.78, 5) is 14.6. The number of hydrogen-bond donors (Lipinski definition) is 1. The number of imidazole rings is 1. The molecule has 1 aliphatic carbocycles. The molecule has 0 radical (unpaired) electrons. The molecule has 0 saturated heterocycles.